The van der Waals surface area contributed by atoms with Crippen molar-refractivity contribution >= 4 is 5.91 Å². The molecule has 106 valence electrons. The number of aliphatic hydroxyl groups excluding tert-OH is 1. The average molecular weight is 273 g/mol. The molecular weight excluding hydrogens is 254 g/mol. The normalized spacial score (nSPS) is 18.4. The maximum atomic E-state index is 12.1. The number of nitrogens with zero attached hydrogens (tertiary/aromatic N) is 2. The molecule has 2 N–H and O–H groups in total. The van der Waals surface area contributed by atoms with Crippen LogP contribution in [0, 0.1) is 11.8 Å². The predicted molar refractivity (Wildman–Crippen MR) is 76.2 cm³/mol. The van der Waals surface area contributed by atoms with Crippen LogP contribution in [-0.4, -0.2) is 53.7 Å². The number of hydrogen-bond acceptors (Lipinski definition) is 4. The van der Waals surface area contributed by atoms with Crippen molar-refractivity contribution in [1.29, 1.82) is 0 Å². The van der Waals surface area contributed by atoms with E-state index in [0.29, 0.717) is 23.7 Å². The fraction of sp³-hybridized carbons (Fsp3) is 0.467. The van der Waals surface area contributed by atoms with Crippen molar-refractivity contribution in [2.24, 2.45) is 0 Å². The number of carbonyl (C=O) groups is 1. The van der Waals surface area contributed by atoms with E-state index in [1.165, 1.54) is 12.6 Å². The number of likely N-dealkylation sites (tertiary alicyclic amines) is 1. The van der Waals surface area contributed by atoms with E-state index < -0.39 is 0 Å². The van der Waals surface area contributed by atoms with Crippen molar-refractivity contribution in [3.8, 4) is 11.8 Å². The summed E-state index contributed by atoms with van der Waals surface area (Å²) < 4.78 is 0. The number of hydrogen-bond donors (Lipinski definition) is 2. The molecule has 5 nitrogen and oxygen atoms in total. The van der Waals surface area contributed by atoms with Crippen LogP contribution in [0.3, 0.4) is 0 Å². The van der Waals surface area contributed by atoms with E-state index in [2.05, 4.69) is 34.1 Å². The number of aromatic nitrogens is 1. The van der Waals surface area contributed by atoms with Crippen LogP contribution in [0.5, 0.6) is 0 Å². The highest BCUT2D eigenvalue weighted by Crippen LogP contribution is 2.13. The van der Waals surface area contributed by atoms with E-state index in [-0.39, 0.29) is 12.5 Å². The summed E-state index contributed by atoms with van der Waals surface area (Å²) in [5, 5.41) is 11.6. The van der Waals surface area contributed by atoms with Gasteiger partial charge in [0.2, 0.25) is 0 Å². The zero-order valence-electron chi connectivity index (χ0n) is 11.6. The van der Waals surface area contributed by atoms with Gasteiger partial charge in [-0.05, 0) is 32.5 Å². The van der Waals surface area contributed by atoms with Gasteiger partial charge in [0.1, 0.15) is 6.61 Å². The molecule has 0 bridgehead atoms. The third-order valence-electron chi connectivity index (χ3n) is 3.48. The van der Waals surface area contributed by atoms with Crippen molar-refractivity contribution in [3.05, 3.63) is 29.6 Å². The first-order valence-corrected chi connectivity index (χ1v) is 6.74. The van der Waals surface area contributed by atoms with Gasteiger partial charge < -0.3 is 15.3 Å². The summed E-state index contributed by atoms with van der Waals surface area (Å²) in [5.41, 5.74) is 1.13. The fourth-order valence-corrected chi connectivity index (χ4v) is 2.32. The molecule has 0 aromatic carbocycles. The highest BCUT2D eigenvalue weighted by Gasteiger charge is 2.21. The quantitative estimate of drug-likeness (QED) is 0.775. The minimum Gasteiger partial charge on any atom is -0.384 e. The summed E-state index contributed by atoms with van der Waals surface area (Å²) in [6, 6.07) is 2.10. The maximum absolute atomic E-state index is 12.1. The van der Waals surface area contributed by atoms with Crippen LogP contribution in [0.4, 0.5) is 0 Å². The number of nitrogens with one attached hydrogen (secondary N) is 1. The number of carbonyl (C=O) groups excluding carboxylic acids is 1. The summed E-state index contributed by atoms with van der Waals surface area (Å²) in [6.07, 6.45) is 5.41. The summed E-state index contributed by atoms with van der Waals surface area (Å²) in [5.74, 6) is 5.15. The molecule has 0 spiro atoms. The molecule has 1 aromatic rings. The van der Waals surface area contributed by atoms with Crippen LogP contribution < -0.4 is 5.32 Å². The van der Waals surface area contributed by atoms with E-state index in [0.717, 1.165) is 13.0 Å². The van der Waals surface area contributed by atoms with Crippen molar-refractivity contribution in [1.82, 2.24) is 15.2 Å². The second kappa shape index (κ2) is 7.04. The molecule has 1 amide bonds. The smallest absolute Gasteiger partial charge is 0.252 e. The number of aliphatic hydroxyl groups is 1. The zero-order valence-corrected chi connectivity index (χ0v) is 11.6. The Morgan fingerprint density at radius 3 is 3.15 bits per heavy atom. The van der Waals surface area contributed by atoms with Gasteiger partial charge in [-0.15, -0.1) is 0 Å². The lowest BCUT2D eigenvalue weighted by molar-refractivity contribution is 0.0943. The Balaban J connectivity index is 1.95. The van der Waals surface area contributed by atoms with Crippen LogP contribution in [0.2, 0.25) is 0 Å². The van der Waals surface area contributed by atoms with Gasteiger partial charge in [-0.2, -0.15) is 0 Å². The molecule has 2 rings (SSSR count). The summed E-state index contributed by atoms with van der Waals surface area (Å²) >= 11 is 0. The first kappa shape index (κ1) is 14.5. The molecule has 1 aliphatic heterocycles. The van der Waals surface area contributed by atoms with Crippen LogP contribution >= 0.6 is 0 Å². The average Bonchev–Trinajstić information content (AvgIpc) is 2.88. The Bertz CT molecular complexity index is 533. The van der Waals surface area contributed by atoms with Gasteiger partial charge >= 0.3 is 0 Å². The Hall–Kier alpha value is -1.90. The molecule has 1 unspecified atom stereocenters. The predicted octanol–water partition coefficient (Wildman–Crippen LogP) is 0.249. The lowest BCUT2D eigenvalue weighted by atomic mass is 10.2. The van der Waals surface area contributed by atoms with E-state index in [9.17, 15) is 4.79 Å². The van der Waals surface area contributed by atoms with Gasteiger partial charge in [-0.3, -0.25) is 9.78 Å². The lowest BCUT2D eigenvalue weighted by Gasteiger charge is -2.19. The number of pyridine rings is 1. The highest BCUT2D eigenvalue weighted by molar-refractivity contribution is 5.94. The molecule has 1 atom stereocenters. The van der Waals surface area contributed by atoms with Gasteiger partial charge in [0.05, 0.1) is 5.56 Å². The van der Waals surface area contributed by atoms with Gasteiger partial charge in [0.25, 0.3) is 5.91 Å². The molecule has 20 heavy (non-hydrogen) atoms. The number of likely N-dealkylation sites (N-methyl/N-ethyl adjacent to an activating group) is 1. The Morgan fingerprint density at radius 1 is 1.60 bits per heavy atom. The third kappa shape index (κ3) is 3.80. The monoisotopic (exact) mass is 273 g/mol. The van der Waals surface area contributed by atoms with Crippen LogP contribution in [-0.2, 0) is 0 Å². The van der Waals surface area contributed by atoms with Gasteiger partial charge in [-0.25, -0.2) is 0 Å². The summed E-state index contributed by atoms with van der Waals surface area (Å²) in [4.78, 5) is 18.3. The number of rotatable bonds is 3. The van der Waals surface area contributed by atoms with Crippen LogP contribution in [0.1, 0.15) is 28.8 Å². The van der Waals surface area contributed by atoms with Crippen molar-refractivity contribution in [3.63, 3.8) is 0 Å². The molecule has 1 aliphatic rings. The van der Waals surface area contributed by atoms with Crippen molar-refractivity contribution in [2.75, 3.05) is 26.7 Å². The standard InChI is InChI=1S/C15H19N3O2/c1-18-6-2-5-14(18)11-17-15(20)13-8-12(4-3-7-19)9-16-10-13/h8-10,14,19H,2,5-7,11H2,1H3,(H,17,20). The van der Waals surface area contributed by atoms with Crippen LogP contribution in [0.15, 0.2) is 18.5 Å². The molecule has 1 aromatic heterocycles. The molecule has 0 radical (unpaired) electrons. The first-order chi connectivity index (χ1) is 9.70. The zero-order chi connectivity index (χ0) is 14.4. The first-order valence-electron chi connectivity index (χ1n) is 6.74. The molecule has 0 aliphatic carbocycles. The Kier molecular flexibility index (Phi) is 5.10. The second-order valence-electron chi connectivity index (χ2n) is 4.91. The maximum Gasteiger partial charge on any atom is 0.252 e. The van der Waals surface area contributed by atoms with Crippen LogP contribution in [0.25, 0.3) is 0 Å². The van der Waals surface area contributed by atoms with E-state index in [4.69, 9.17) is 5.11 Å². The molecule has 5 heteroatoms. The Morgan fingerprint density at radius 2 is 2.45 bits per heavy atom. The molecule has 1 fully saturated rings. The molecule has 0 saturated carbocycles. The van der Waals surface area contributed by atoms with Crippen molar-refractivity contribution in [2.45, 2.75) is 18.9 Å². The van der Waals surface area contributed by atoms with Gasteiger partial charge in [-0.1, -0.05) is 11.8 Å². The van der Waals surface area contributed by atoms with Gasteiger partial charge in [0.15, 0.2) is 0 Å². The fourth-order valence-electron chi connectivity index (χ4n) is 2.32. The lowest BCUT2D eigenvalue weighted by Crippen LogP contribution is -2.38. The topological polar surface area (TPSA) is 65.5 Å². The largest absolute Gasteiger partial charge is 0.384 e. The summed E-state index contributed by atoms with van der Waals surface area (Å²) in [7, 11) is 2.08. The minimum absolute atomic E-state index is 0.134. The van der Waals surface area contributed by atoms with E-state index in [1.54, 1.807) is 12.3 Å². The minimum atomic E-state index is -0.204. The molecule has 2 heterocycles. The van der Waals surface area contributed by atoms with E-state index in [1.807, 2.05) is 0 Å². The summed E-state index contributed by atoms with van der Waals surface area (Å²) in [6.45, 7) is 1.54. The third-order valence-corrected chi connectivity index (χ3v) is 3.48. The van der Waals surface area contributed by atoms with Gasteiger partial charge in [0, 0.05) is 30.5 Å². The number of amides is 1. The Labute approximate surface area is 119 Å². The highest BCUT2D eigenvalue weighted by atomic mass is 16.2. The molecular formula is C15H19N3O2. The second-order valence-corrected chi connectivity index (χ2v) is 4.91. The SMILES string of the molecule is CN1CCCC1CNC(=O)c1cncc(C#CCO)c1. The van der Waals surface area contributed by atoms with Crippen molar-refractivity contribution < 1.29 is 9.90 Å². The molecule has 1 saturated heterocycles. The van der Waals surface area contributed by atoms with E-state index >= 15 is 0 Å².